The van der Waals surface area contributed by atoms with Crippen molar-refractivity contribution >= 4 is 107 Å². The second kappa shape index (κ2) is 56.3. The van der Waals surface area contributed by atoms with Crippen LogP contribution in [0.3, 0.4) is 0 Å². The maximum atomic E-state index is 6.09. The number of rotatable bonds is 0. The summed E-state index contributed by atoms with van der Waals surface area (Å²) in [6.45, 7) is 0. The summed E-state index contributed by atoms with van der Waals surface area (Å²) in [5.41, 5.74) is 27.1. The molecular formula is C6H18Cl3N12S6Tc-9. The van der Waals surface area contributed by atoms with Crippen molar-refractivity contribution in [1.29, 1.82) is 32.5 Å². The molecule has 0 fully saturated rings. The predicted molar refractivity (Wildman–Crippen MR) is 116 cm³/mol. The van der Waals surface area contributed by atoms with Crippen LogP contribution in [0.15, 0.2) is 0 Å². The van der Waals surface area contributed by atoms with Crippen molar-refractivity contribution in [2.45, 2.75) is 0 Å². The van der Waals surface area contributed by atoms with Crippen LogP contribution in [0.4, 0.5) is 0 Å². The van der Waals surface area contributed by atoms with Crippen LogP contribution in [0, 0.1) is 32.5 Å². The molecule has 0 amide bonds. The molecule has 22 heteroatoms. The second-order valence-electron chi connectivity index (χ2n) is 2.19. The SMILES string of the molecule is N=C(N)[S-].N=C(N)[S-].N=C(N)[S-].N=C(N)[S-].N=C(N)[S-].N=C(N)[S-].[Cl-].[Cl-].[Cl-].[Tc]. The van der Waals surface area contributed by atoms with Crippen LogP contribution in [0.25, 0.3) is 0 Å². The van der Waals surface area contributed by atoms with Gasteiger partial charge in [-0.2, -0.15) is 0 Å². The van der Waals surface area contributed by atoms with Gasteiger partial charge in [-0.15, -0.1) is 0 Å². The number of halogens is 3. The van der Waals surface area contributed by atoms with Gasteiger partial charge in [0.15, 0.2) is 0 Å². The smallest absolute Gasteiger partial charge is 0 e. The topological polar surface area (TPSA) is 299 Å². The van der Waals surface area contributed by atoms with Crippen LogP contribution >= 0.6 is 0 Å². The number of nitrogens with two attached hydrogens (primary N) is 6. The summed E-state index contributed by atoms with van der Waals surface area (Å²) in [7, 11) is 0. The first-order chi connectivity index (χ1) is 10.4. The molecule has 0 unspecified atom stereocenters. The van der Waals surface area contributed by atoms with Crippen LogP contribution in [0.1, 0.15) is 0 Å². The molecule has 0 bridgehead atoms. The molecule has 0 atom stereocenters. The van der Waals surface area contributed by atoms with E-state index in [1.165, 1.54) is 0 Å². The summed E-state index contributed by atoms with van der Waals surface area (Å²) < 4.78 is 0. The van der Waals surface area contributed by atoms with E-state index < -0.39 is 0 Å². The Kier molecular flexibility index (Phi) is 127. The minimum absolute atomic E-state index is 0. The normalized spacial score (nSPS) is 5.14. The van der Waals surface area contributed by atoms with E-state index in [1.807, 2.05) is 0 Å². The molecule has 0 aromatic rings. The molecule has 0 rings (SSSR count). The average Bonchev–Trinajstić information content (AvgIpc) is 2.08. The molecule has 28 heavy (non-hydrogen) atoms. The summed E-state index contributed by atoms with van der Waals surface area (Å²) in [6, 6.07) is 0. The van der Waals surface area contributed by atoms with E-state index >= 15 is 0 Å². The van der Waals surface area contributed by atoms with Gasteiger partial charge in [0.2, 0.25) is 0 Å². The van der Waals surface area contributed by atoms with Gasteiger partial charge in [0.05, 0.1) is 0 Å². The van der Waals surface area contributed by atoms with Gasteiger partial charge >= 0.3 is 0 Å². The summed E-state index contributed by atoms with van der Waals surface area (Å²) in [4.78, 5) is 0. The zero-order valence-electron chi connectivity index (χ0n) is 13.4. The Morgan fingerprint density at radius 3 is 0.357 bits per heavy atom. The van der Waals surface area contributed by atoms with Gasteiger partial charge in [0.25, 0.3) is 0 Å². The largest absolute Gasteiger partial charge is 1.00 e. The van der Waals surface area contributed by atoms with Gasteiger partial charge in [-0.1, -0.05) is 0 Å². The molecule has 0 saturated carbocycles. The Balaban J connectivity index is -0.0000000169. The fourth-order valence-corrected chi connectivity index (χ4v) is 0. The third-order valence-electron chi connectivity index (χ3n) is 0. The van der Waals surface area contributed by atoms with Crippen LogP contribution < -0.4 is 71.6 Å². The molecule has 0 aliphatic heterocycles. The fraction of sp³-hybridized carbons (Fsp3) is 0. The van der Waals surface area contributed by atoms with Crippen molar-refractivity contribution in [3.8, 4) is 0 Å². The Hall–Kier alpha value is -0.341. The standard InChI is InChI=1S/6CH4N2S.3ClH.Tc/c6*2-1(3)4;;;;/h6*(H4,2,3,4);3*1H;/p-9. The minimum atomic E-state index is -0.250. The molecule has 0 spiro atoms. The molecule has 0 aliphatic rings. The summed E-state index contributed by atoms with van der Waals surface area (Å²) in [6.07, 6.45) is 0. The van der Waals surface area contributed by atoms with Crippen molar-refractivity contribution in [3.63, 3.8) is 0 Å². The first-order valence-electron chi connectivity index (χ1n) is 4.46. The van der Waals surface area contributed by atoms with E-state index in [0.29, 0.717) is 0 Å². The Labute approximate surface area is 229 Å². The molecule has 1 radical (unpaired) electrons. The van der Waals surface area contributed by atoms with Crippen molar-refractivity contribution in [3.05, 3.63) is 0 Å². The first-order valence-corrected chi connectivity index (χ1v) is 6.91. The summed E-state index contributed by atoms with van der Waals surface area (Å²) in [5.74, 6) is 0. The molecule has 0 saturated heterocycles. The zero-order valence-corrected chi connectivity index (χ0v) is 22.5. The minimum Gasteiger partial charge on any atom is -1.00 e. The van der Waals surface area contributed by atoms with E-state index in [0.717, 1.165) is 0 Å². The fourth-order valence-electron chi connectivity index (χ4n) is 0. The van der Waals surface area contributed by atoms with Gasteiger partial charge in [-0.25, -0.2) is 0 Å². The molecular weight excluding hydrogens is 637 g/mol. The Morgan fingerprint density at radius 1 is 0.357 bits per heavy atom. The van der Waals surface area contributed by atoms with E-state index in [1.54, 1.807) is 0 Å². The maximum absolute atomic E-state index is 6.09. The number of hydrogen-bond acceptors (Lipinski definition) is 12. The van der Waals surface area contributed by atoms with E-state index in [2.05, 4.69) is 110 Å². The number of hydrogen-bond donors (Lipinski definition) is 12. The van der Waals surface area contributed by atoms with Gasteiger partial charge < -0.3 is 180 Å². The summed E-state index contributed by atoms with van der Waals surface area (Å²) in [5, 5.41) is 35.1. The van der Waals surface area contributed by atoms with Gasteiger partial charge in [0.1, 0.15) is 0 Å². The average molecular weight is 655 g/mol. The molecule has 175 valence electrons. The van der Waals surface area contributed by atoms with Crippen LogP contribution in [0.2, 0.25) is 0 Å². The van der Waals surface area contributed by atoms with Gasteiger partial charge in [0, 0.05) is 20.1 Å². The van der Waals surface area contributed by atoms with Gasteiger partial charge in [-0.3, -0.25) is 0 Å². The zero-order chi connectivity index (χ0) is 21.5. The third kappa shape index (κ3) is 134000. The quantitative estimate of drug-likeness (QED) is 0.0658. The van der Waals surface area contributed by atoms with Crippen molar-refractivity contribution in [2.24, 2.45) is 34.4 Å². The first kappa shape index (κ1) is 63.0. The van der Waals surface area contributed by atoms with Crippen molar-refractivity contribution in [2.75, 3.05) is 0 Å². The molecule has 18 N–H and O–H groups in total. The second-order valence-corrected chi connectivity index (χ2v) is 4.82. The van der Waals surface area contributed by atoms with Crippen molar-refractivity contribution in [1.82, 2.24) is 0 Å². The molecule has 0 aromatic carbocycles. The summed E-state index contributed by atoms with van der Waals surface area (Å²) >= 11 is 23.9. The molecule has 0 aliphatic carbocycles. The van der Waals surface area contributed by atoms with Crippen LogP contribution in [-0.4, -0.2) is 31.0 Å². The number of nitrogens with one attached hydrogen (secondary N) is 6. The van der Waals surface area contributed by atoms with E-state index in [9.17, 15) is 0 Å². The maximum Gasteiger partial charge on any atom is 0 e. The third-order valence-corrected chi connectivity index (χ3v) is 0. The van der Waals surface area contributed by atoms with Crippen LogP contribution in [-0.2, 0) is 95.9 Å². The monoisotopic (exact) mass is 652 g/mol. The molecule has 0 aromatic heterocycles. The predicted octanol–water partition coefficient (Wildman–Crippen LogP) is -12.4. The Morgan fingerprint density at radius 2 is 0.357 bits per heavy atom. The Bertz CT molecular complexity index is 287. The van der Waals surface area contributed by atoms with Crippen LogP contribution in [0.5, 0.6) is 0 Å². The van der Waals surface area contributed by atoms with E-state index in [-0.39, 0.29) is 88.3 Å². The van der Waals surface area contributed by atoms with Crippen molar-refractivity contribution < 1.29 is 57.3 Å². The van der Waals surface area contributed by atoms with E-state index in [4.69, 9.17) is 32.5 Å². The molecule has 12 nitrogen and oxygen atoms in total. The molecule has 0 heterocycles. The number of amidine groups is 6. The van der Waals surface area contributed by atoms with Gasteiger partial charge in [-0.05, 0) is 31.0 Å².